The van der Waals surface area contributed by atoms with E-state index in [9.17, 15) is 29.9 Å². The smallest absolute Gasteiger partial charge is 0.334 e. The van der Waals surface area contributed by atoms with E-state index < -0.39 is 22.8 Å². The van der Waals surface area contributed by atoms with Crippen LogP contribution in [0.25, 0.3) is 0 Å². The van der Waals surface area contributed by atoms with Gasteiger partial charge in [0.15, 0.2) is 0 Å². The molecule has 0 saturated heterocycles. The minimum absolute atomic E-state index is 0.0504. The van der Waals surface area contributed by atoms with Gasteiger partial charge in [0.1, 0.15) is 0 Å². The number of allylic oxidation sites excluding steroid dienone is 2. The lowest BCUT2D eigenvalue weighted by Crippen LogP contribution is -2.37. The van der Waals surface area contributed by atoms with Gasteiger partial charge in [-0.1, -0.05) is 18.2 Å². The molecule has 2 rings (SSSR count). The fourth-order valence-electron chi connectivity index (χ4n) is 3.61. The van der Waals surface area contributed by atoms with Gasteiger partial charge in [0.2, 0.25) is 0 Å². The highest BCUT2D eigenvalue weighted by Gasteiger charge is 2.42. The average Bonchev–Trinajstić information content (AvgIpc) is 2.52. The molecule has 1 aliphatic heterocycles. The standard InChI is InChI=1S/C18H20N2O6/c1-9(2)19-10(3)14(17(21)22)16(15(11(19)4)18(23)24)12-7-5-6-8-13(12)20(25)26/h5-9,16H,1-4H3,(H,21,22)(H,23,24). The fraction of sp³-hybridized carbons (Fsp3) is 0.333. The van der Waals surface area contributed by atoms with Gasteiger partial charge in [-0.05, 0) is 27.7 Å². The third-order valence-corrected chi connectivity index (χ3v) is 4.50. The molecule has 0 radical (unpaired) electrons. The molecular weight excluding hydrogens is 340 g/mol. The molecule has 1 aromatic rings. The molecule has 0 aliphatic carbocycles. The van der Waals surface area contributed by atoms with Crippen LogP contribution in [0.1, 0.15) is 39.2 Å². The summed E-state index contributed by atoms with van der Waals surface area (Å²) >= 11 is 0. The molecule has 0 aromatic heterocycles. The monoisotopic (exact) mass is 360 g/mol. The number of para-hydroxylation sites is 1. The Balaban J connectivity index is 2.90. The first-order chi connectivity index (χ1) is 12.1. The van der Waals surface area contributed by atoms with Crippen molar-refractivity contribution in [2.24, 2.45) is 0 Å². The molecule has 8 nitrogen and oxygen atoms in total. The van der Waals surface area contributed by atoms with Crippen molar-refractivity contribution in [1.29, 1.82) is 0 Å². The number of carbonyl (C=O) groups is 2. The van der Waals surface area contributed by atoms with Crippen LogP contribution in [0.15, 0.2) is 46.8 Å². The van der Waals surface area contributed by atoms with Crippen molar-refractivity contribution >= 4 is 17.6 Å². The minimum atomic E-state index is -1.30. The summed E-state index contributed by atoms with van der Waals surface area (Å²) in [6, 6.07) is 5.46. The highest BCUT2D eigenvalue weighted by molar-refractivity contribution is 5.98. The van der Waals surface area contributed by atoms with E-state index in [1.54, 1.807) is 18.7 Å². The van der Waals surface area contributed by atoms with Crippen LogP contribution in [0.5, 0.6) is 0 Å². The van der Waals surface area contributed by atoms with Gasteiger partial charge in [-0.15, -0.1) is 0 Å². The normalized spacial score (nSPS) is 15.7. The number of aliphatic carboxylic acids is 2. The third-order valence-electron chi connectivity index (χ3n) is 4.50. The first kappa shape index (κ1) is 19.2. The number of nitrogens with zero attached hydrogens (tertiary/aromatic N) is 2. The lowest BCUT2D eigenvalue weighted by atomic mass is 9.79. The van der Waals surface area contributed by atoms with Gasteiger partial charge < -0.3 is 15.1 Å². The summed E-state index contributed by atoms with van der Waals surface area (Å²) in [6.45, 7) is 6.81. The van der Waals surface area contributed by atoms with E-state index in [1.165, 1.54) is 24.3 Å². The number of benzene rings is 1. The van der Waals surface area contributed by atoms with Crippen molar-refractivity contribution in [3.8, 4) is 0 Å². The van der Waals surface area contributed by atoms with Crippen molar-refractivity contribution in [3.63, 3.8) is 0 Å². The van der Waals surface area contributed by atoms with Gasteiger partial charge in [0.25, 0.3) is 5.69 Å². The van der Waals surface area contributed by atoms with Crippen LogP contribution in [0, 0.1) is 10.1 Å². The number of rotatable bonds is 5. The lowest BCUT2D eigenvalue weighted by Gasteiger charge is -2.39. The summed E-state index contributed by atoms with van der Waals surface area (Å²) in [5.74, 6) is -3.84. The van der Waals surface area contributed by atoms with Crippen LogP contribution < -0.4 is 0 Å². The predicted molar refractivity (Wildman–Crippen MR) is 93.5 cm³/mol. The molecule has 0 unspecified atom stereocenters. The molecule has 0 atom stereocenters. The van der Waals surface area contributed by atoms with Gasteiger partial charge in [-0.25, -0.2) is 9.59 Å². The molecule has 2 N–H and O–H groups in total. The summed E-state index contributed by atoms with van der Waals surface area (Å²) in [7, 11) is 0. The molecular formula is C18H20N2O6. The molecule has 0 bridgehead atoms. The van der Waals surface area contributed by atoms with Gasteiger partial charge in [0, 0.05) is 29.1 Å². The maximum Gasteiger partial charge on any atom is 0.334 e. The van der Waals surface area contributed by atoms with Gasteiger partial charge >= 0.3 is 11.9 Å². The third kappa shape index (κ3) is 3.05. The van der Waals surface area contributed by atoms with Crippen LogP contribution in [-0.4, -0.2) is 38.0 Å². The van der Waals surface area contributed by atoms with Crippen molar-refractivity contribution in [3.05, 3.63) is 62.5 Å². The Morgan fingerprint density at radius 1 is 1.08 bits per heavy atom. The Morgan fingerprint density at radius 3 is 1.92 bits per heavy atom. The molecule has 138 valence electrons. The predicted octanol–water partition coefficient (Wildman–Crippen LogP) is 3.12. The van der Waals surface area contributed by atoms with Crippen LogP contribution in [0.2, 0.25) is 0 Å². The average molecular weight is 360 g/mol. The molecule has 0 saturated carbocycles. The SMILES string of the molecule is CC1=C(C(=O)O)C(c2ccccc2[N+](=O)[O-])C(C(=O)O)=C(C)N1C(C)C. The van der Waals surface area contributed by atoms with E-state index in [1.807, 2.05) is 13.8 Å². The second kappa shape index (κ2) is 6.99. The van der Waals surface area contributed by atoms with Crippen molar-refractivity contribution in [1.82, 2.24) is 4.90 Å². The van der Waals surface area contributed by atoms with E-state index in [2.05, 4.69) is 0 Å². The largest absolute Gasteiger partial charge is 0.478 e. The first-order valence-electron chi connectivity index (χ1n) is 8.00. The van der Waals surface area contributed by atoms with E-state index in [-0.39, 0.29) is 28.4 Å². The summed E-state index contributed by atoms with van der Waals surface area (Å²) < 4.78 is 0. The van der Waals surface area contributed by atoms with Gasteiger partial charge in [-0.3, -0.25) is 10.1 Å². The molecule has 26 heavy (non-hydrogen) atoms. The zero-order valence-corrected chi connectivity index (χ0v) is 14.9. The summed E-state index contributed by atoms with van der Waals surface area (Å²) in [4.78, 5) is 36.4. The van der Waals surface area contributed by atoms with Crippen molar-refractivity contribution in [2.45, 2.75) is 39.7 Å². The van der Waals surface area contributed by atoms with Crippen LogP contribution in [0.3, 0.4) is 0 Å². The quantitative estimate of drug-likeness (QED) is 0.611. The number of carboxylic acid groups (broad SMARTS) is 2. The second-order valence-electron chi connectivity index (χ2n) is 6.32. The Hall–Kier alpha value is -3.16. The van der Waals surface area contributed by atoms with Crippen LogP contribution in [0.4, 0.5) is 5.69 Å². The van der Waals surface area contributed by atoms with Gasteiger partial charge in [0.05, 0.1) is 22.0 Å². The maximum absolute atomic E-state index is 12.0. The number of nitro benzene ring substituents is 1. The molecule has 1 heterocycles. The Morgan fingerprint density at radius 2 is 1.54 bits per heavy atom. The fourth-order valence-corrected chi connectivity index (χ4v) is 3.61. The minimum Gasteiger partial charge on any atom is -0.478 e. The van der Waals surface area contributed by atoms with Crippen molar-refractivity contribution < 1.29 is 24.7 Å². The Bertz CT molecular complexity index is 815. The number of nitro groups is 1. The number of carboxylic acids is 2. The Labute approximate surface area is 150 Å². The number of hydrogen-bond donors (Lipinski definition) is 2. The highest BCUT2D eigenvalue weighted by atomic mass is 16.6. The number of hydrogen-bond acceptors (Lipinski definition) is 5. The van der Waals surface area contributed by atoms with Gasteiger partial charge in [-0.2, -0.15) is 0 Å². The lowest BCUT2D eigenvalue weighted by molar-refractivity contribution is -0.385. The molecule has 0 fully saturated rings. The zero-order valence-electron chi connectivity index (χ0n) is 14.9. The molecule has 8 heteroatoms. The molecule has 0 amide bonds. The summed E-state index contributed by atoms with van der Waals surface area (Å²) in [5.41, 5.74) is 0.145. The van der Waals surface area contributed by atoms with Crippen molar-refractivity contribution in [2.75, 3.05) is 0 Å². The molecule has 1 aliphatic rings. The highest BCUT2D eigenvalue weighted by Crippen LogP contribution is 2.45. The summed E-state index contributed by atoms with van der Waals surface area (Å²) in [5, 5.41) is 31.0. The Kier molecular flexibility index (Phi) is 5.15. The van der Waals surface area contributed by atoms with E-state index in [4.69, 9.17) is 0 Å². The van der Waals surface area contributed by atoms with E-state index in [0.29, 0.717) is 11.4 Å². The summed E-state index contributed by atoms with van der Waals surface area (Å²) in [6.07, 6.45) is 0. The zero-order chi connectivity index (χ0) is 19.8. The molecule has 0 spiro atoms. The van der Waals surface area contributed by atoms with Crippen LogP contribution >= 0.6 is 0 Å². The van der Waals surface area contributed by atoms with E-state index >= 15 is 0 Å². The maximum atomic E-state index is 12.0. The second-order valence-corrected chi connectivity index (χ2v) is 6.32. The van der Waals surface area contributed by atoms with Crippen LogP contribution in [-0.2, 0) is 9.59 Å². The topological polar surface area (TPSA) is 121 Å². The molecule has 1 aromatic carbocycles. The first-order valence-corrected chi connectivity index (χ1v) is 8.00. The van der Waals surface area contributed by atoms with E-state index in [0.717, 1.165) is 0 Å².